The van der Waals surface area contributed by atoms with Crippen LogP contribution in [0.1, 0.15) is 34.6 Å². The summed E-state index contributed by atoms with van der Waals surface area (Å²) in [5.74, 6) is 0.791. The van der Waals surface area contributed by atoms with Crippen LogP contribution >= 0.6 is 0 Å². The normalized spacial score (nSPS) is 9.80. The number of carbonyl (C=O) groups is 1. The lowest BCUT2D eigenvalue weighted by molar-refractivity contribution is -0.121. The highest BCUT2D eigenvalue weighted by molar-refractivity contribution is 5.76. The highest BCUT2D eigenvalue weighted by Gasteiger charge is 2.03. The second kappa shape index (κ2) is 11.2. The third-order valence-corrected chi connectivity index (χ3v) is 3.06. The number of pyridine rings is 1. The molecule has 0 bridgehead atoms. The summed E-state index contributed by atoms with van der Waals surface area (Å²) in [6.07, 6.45) is 1.83. The van der Waals surface area contributed by atoms with Crippen LogP contribution in [-0.2, 0) is 9.53 Å². The van der Waals surface area contributed by atoms with Gasteiger partial charge in [-0.25, -0.2) is 0 Å². The average Bonchev–Trinajstić information content (AvgIpc) is 3.44. The fourth-order valence-electron chi connectivity index (χ4n) is 1.95. The maximum absolute atomic E-state index is 10.7. The SMILES string of the molecule is CC.CC.CC(=O)COCCOc1ccc(-c2cc3c(cn2)=C=3)cc1. The van der Waals surface area contributed by atoms with Gasteiger partial charge in [0.05, 0.1) is 17.5 Å². The largest absolute Gasteiger partial charge is 0.491 e. The topological polar surface area (TPSA) is 48.4 Å². The van der Waals surface area contributed by atoms with Gasteiger partial charge < -0.3 is 9.47 Å². The summed E-state index contributed by atoms with van der Waals surface area (Å²) >= 11 is 0. The third kappa shape index (κ3) is 6.92. The van der Waals surface area contributed by atoms with Crippen LogP contribution in [0.3, 0.4) is 0 Å². The molecular weight excluding hydrogens is 314 g/mol. The number of carbonyl (C=O) groups excluding carboxylic acids is 1. The fourth-order valence-corrected chi connectivity index (χ4v) is 1.95. The number of ether oxygens (including phenoxy) is 2. The molecule has 1 aliphatic carbocycles. The van der Waals surface area contributed by atoms with Crippen molar-refractivity contribution in [3.63, 3.8) is 0 Å². The second-order valence-electron chi connectivity index (χ2n) is 4.87. The molecule has 0 fully saturated rings. The molecule has 1 aromatic heterocycles. The zero-order valence-corrected chi connectivity index (χ0v) is 15.8. The lowest BCUT2D eigenvalue weighted by Gasteiger charge is -2.07. The van der Waals surface area contributed by atoms with E-state index in [9.17, 15) is 4.79 Å². The van der Waals surface area contributed by atoms with Gasteiger partial charge in [0.2, 0.25) is 0 Å². The minimum atomic E-state index is 0.0177. The predicted molar refractivity (Wildman–Crippen MR) is 101 cm³/mol. The lowest BCUT2D eigenvalue weighted by Crippen LogP contribution is -2.11. The molecule has 0 spiro atoms. The van der Waals surface area contributed by atoms with Gasteiger partial charge in [-0.2, -0.15) is 0 Å². The van der Waals surface area contributed by atoms with E-state index in [0.717, 1.165) is 27.4 Å². The van der Waals surface area contributed by atoms with E-state index < -0.39 is 0 Å². The quantitative estimate of drug-likeness (QED) is 0.620. The van der Waals surface area contributed by atoms with Crippen LogP contribution in [0.5, 0.6) is 5.75 Å². The molecule has 4 nitrogen and oxygen atoms in total. The van der Waals surface area contributed by atoms with Gasteiger partial charge in [-0.05, 0) is 37.3 Å². The van der Waals surface area contributed by atoms with Crippen LogP contribution in [-0.4, -0.2) is 30.6 Å². The first-order chi connectivity index (χ1) is 12.2. The van der Waals surface area contributed by atoms with E-state index in [2.05, 4.69) is 10.7 Å². The molecule has 0 saturated heterocycles. The molecule has 25 heavy (non-hydrogen) atoms. The molecule has 0 unspecified atom stereocenters. The summed E-state index contributed by atoms with van der Waals surface area (Å²) < 4.78 is 10.7. The molecule has 1 aromatic carbocycles. The molecule has 0 saturated carbocycles. The van der Waals surface area contributed by atoms with Crippen molar-refractivity contribution in [3.8, 4) is 17.0 Å². The van der Waals surface area contributed by atoms with Crippen LogP contribution in [0.2, 0.25) is 0 Å². The molecule has 2 aromatic rings. The minimum absolute atomic E-state index is 0.0177. The van der Waals surface area contributed by atoms with Crippen molar-refractivity contribution in [2.45, 2.75) is 34.6 Å². The van der Waals surface area contributed by atoms with Gasteiger partial charge in [-0.3, -0.25) is 9.78 Å². The van der Waals surface area contributed by atoms with Crippen molar-refractivity contribution in [3.05, 3.63) is 47.0 Å². The van der Waals surface area contributed by atoms with Crippen LogP contribution in [0.4, 0.5) is 0 Å². The second-order valence-corrected chi connectivity index (χ2v) is 4.87. The maximum atomic E-state index is 10.7. The van der Waals surface area contributed by atoms with E-state index in [-0.39, 0.29) is 12.4 Å². The van der Waals surface area contributed by atoms with Crippen molar-refractivity contribution in [2.24, 2.45) is 0 Å². The summed E-state index contributed by atoms with van der Waals surface area (Å²) in [5, 5.41) is 2.24. The van der Waals surface area contributed by atoms with Crippen LogP contribution in [0.25, 0.3) is 17.0 Å². The first-order valence-corrected chi connectivity index (χ1v) is 8.80. The molecule has 1 heterocycles. The maximum Gasteiger partial charge on any atom is 0.155 e. The Labute approximate surface area is 149 Å². The first kappa shape index (κ1) is 20.6. The van der Waals surface area contributed by atoms with Crippen LogP contribution in [0, 0.1) is 0 Å². The molecular formula is C21H27NO3. The number of Topliss-reactive ketones (excluding diaryl/α,β-unsaturated/α-hetero) is 1. The van der Waals surface area contributed by atoms with Gasteiger partial charge in [-0.1, -0.05) is 27.7 Å². The van der Waals surface area contributed by atoms with E-state index in [0.29, 0.717) is 13.2 Å². The summed E-state index contributed by atoms with van der Waals surface area (Å²) in [6, 6.07) is 9.79. The Bertz CT molecular complexity index is 791. The molecule has 0 aliphatic heterocycles. The Morgan fingerprint density at radius 3 is 2.32 bits per heavy atom. The van der Waals surface area contributed by atoms with Crippen LogP contribution < -0.4 is 15.2 Å². The summed E-state index contributed by atoms with van der Waals surface area (Å²) in [7, 11) is 0. The number of fused-ring (bicyclic) bond motifs is 1. The van der Waals surface area contributed by atoms with Gasteiger partial charge in [0.15, 0.2) is 5.78 Å². The zero-order valence-electron chi connectivity index (χ0n) is 15.8. The van der Waals surface area contributed by atoms with Gasteiger partial charge in [-0.15, -0.1) is 5.73 Å². The van der Waals surface area contributed by atoms with Gasteiger partial charge >= 0.3 is 0 Å². The third-order valence-electron chi connectivity index (χ3n) is 3.06. The summed E-state index contributed by atoms with van der Waals surface area (Å²) in [4.78, 5) is 15.1. The molecule has 0 N–H and O–H groups in total. The average molecular weight is 341 g/mol. The Morgan fingerprint density at radius 1 is 1.04 bits per heavy atom. The molecule has 0 amide bonds. The first-order valence-electron chi connectivity index (χ1n) is 8.80. The fraction of sp³-hybridized carbons (Fsp3) is 0.381. The Morgan fingerprint density at radius 2 is 1.72 bits per heavy atom. The number of nitrogens with zero attached hydrogens (tertiary/aromatic N) is 1. The van der Waals surface area contributed by atoms with E-state index in [1.165, 1.54) is 6.92 Å². The van der Waals surface area contributed by atoms with E-state index >= 15 is 0 Å². The number of rotatable bonds is 7. The molecule has 1 aliphatic rings. The van der Waals surface area contributed by atoms with Crippen LogP contribution in [0.15, 0.2) is 36.5 Å². The van der Waals surface area contributed by atoms with Crippen molar-refractivity contribution < 1.29 is 14.3 Å². The standard InChI is InChI=1S/C17H15NO3.2C2H6/c1-12(19)11-20-6-7-21-16-4-2-13(3-5-16)17-9-14-8-15(14)10-18-17;2*1-2/h2-5,9-10H,6-7,11H2,1H3;2*1-2H3. The van der Waals surface area contributed by atoms with Crippen molar-refractivity contribution in [2.75, 3.05) is 19.8 Å². The Balaban J connectivity index is 0.000000730. The lowest BCUT2D eigenvalue weighted by atomic mass is 10.1. The highest BCUT2D eigenvalue weighted by atomic mass is 16.5. The number of ketones is 1. The molecule has 3 rings (SSSR count). The van der Waals surface area contributed by atoms with Gasteiger partial charge in [0, 0.05) is 17.0 Å². The summed E-state index contributed by atoms with van der Waals surface area (Å²) in [5.41, 5.74) is 5.12. The number of aromatic nitrogens is 1. The van der Waals surface area contributed by atoms with E-state index in [4.69, 9.17) is 9.47 Å². The molecule has 0 radical (unpaired) electrons. The van der Waals surface area contributed by atoms with Crippen molar-refractivity contribution >= 4 is 11.5 Å². The number of benzene rings is 1. The number of hydrogen-bond donors (Lipinski definition) is 0. The van der Waals surface area contributed by atoms with Gasteiger partial charge in [0.25, 0.3) is 0 Å². The zero-order chi connectivity index (χ0) is 18.7. The molecule has 4 heteroatoms. The predicted octanol–water partition coefficient (Wildman–Crippen LogP) is 2.85. The Hall–Kier alpha value is -2.42. The van der Waals surface area contributed by atoms with E-state index in [1.54, 1.807) is 0 Å². The smallest absolute Gasteiger partial charge is 0.155 e. The molecule has 134 valence electrons. The summed E-state index contributed by atoms with van der Waals surface area (Å²) in [6.45, 7) is 10.5. The van der Waals surface area contributed by atoms with Gasteiger partial charge in [0.1, 0.15) is 19.0 Å². The van der Waals surface area contributed by atoms with Crippen molar-refractivity contribution in [1.29, 1.82) is 0 Å². The highest BCUT2D eigenvalue weighted by Crippen LogP contribution is 2.19. The Kier molecular flexibility index (Phi) is 9.23. The van der Waals surface area contributed by atoms with E-state index in [1.807, 2.05) is 64.2 Å². The minimum Gasteiger partial charge on any atom is -0.491 e. The van der Waals surface area contributed by atoms with Crippen molar-refractivity contribution in [1.82, 2.24) is 4.98 Å². The number of hydrogen-bond acceptors (Lipinski definition) is 4. The monoisotopic (exact) mass is 341 g/mol. The molecule has 0 atom stereocenters.